The number of allylic oxidation sites excluding steroid dienone is 1. The highest BCUT2D eigenvalue weighted by Gasteiger charge is 2.06. The van der Waals surface area contributed by atoms with E-state index in [4.69, 9.17) is 4.74 Å². The number of carbonyl (C=O) groups excluding carboxylic acids is 1. The van der Waals surface area contributed by atoms with Crippen LogP contribution in [0.4, 0.5) is 5.69 Å². The Bertz CT molecular complexity index is 767. The van der Waals surface area contributed by atoms with Crippen molar-refractivity contribution in [1.29, 1.82) is 0 Å². The average Bonchev–Trinajstić information content (AvgIpc) is 2.62. The lowest BCUT2D eigenvalue weighted by atomic mass is 10.1. The Hall–Kier alpha value is -3.21. The minimum absolute atomic E-state index is 0.0144. The number of phenolic OH excluding ortho intramolecular Hbond substituents is 1. The number of rotatable bonds is 9. The molecule has 0 atom stereocenters. The van der Waals surface area contributed by atoms with Crippen LogP contribution in [0.5, 0.6) is 11.5 Å². The Balaban J connectivity index is 1.91. The van der Waals surface area contributed by atoms with Gasteiger partial charge in [0.2, 0.25) is 6.41 Å². The third-order valence-corrected chi connectivity index (χ3v) is 3.75. The molecule has 0 aliphatic carbocycles. The minimum atomic E-state index is 0.0144. The fourth-order valence-electron chi connectivity index (χ4n) is 2.32. The summed E-state index contributed by atoms with van der Waals surface area (Å²) >= 11 is 0. The van der Waals surface area contributed by atoms with Crippen LogP contribution in [0, 0.1) is 0 Å². The molecule has 2 rings (SSSR count). The zero-order chi connectivity index (χ0) is 18.2. The van der Waals surface area contributed by atoms with Gasteiger partial charge >= 0.3 is 0 Å². The number of amides is 1. The van der Waals surface area contributed by atoms with Crippen LogP contribution in [0.1, 0.15) is 11.1 Å². The van der Waals surface area contributed by atoms with Gasteiger partial charge in [0.15, 0.2) is 0 Å². The molecule has 5 heteroatoms. The molecule has 25 heavy (non-hydrogen) atoms. The van der Waals surface area contributed by atoms with E-state index < -0.39 is 0 Å². The second-order valence-electron chi connectivity index (χ2n) is 5.58. The number of benzene rings is 2. The van der Waals surface area contributed by atoms with Gasteiger partial charge in [-0.05, 0) is 41.0 Å². The fraction of sp³-hybridized carbons (Fsp3) is 0.150. The number of hydrogen-bond acceptors (Lipinski definition) is 4. The van der Waals surface area contributed by atoms with Gasteiger partial charge in [0.05, 0.1) is 12.8 Å². The van der Waals surface area contributed by atoms with Crippen molar-refractivity contribution in [3.05, 3.63) is 72.4 Å². The molecule has 0 saturated carbocycles. The van der Waals surface area contributed by atoms with E-state index in [0.29, 0.717) is 25.1 Å². The first-order valence-electron chi connectivity index (χ1n) is 7.79. The summed E-state index contributed by atoms with van der Waals surface area (Å²) < 4.78 is 5.14. The van der Waals surface area contributed by atoms with Crippen molar-refractivity contribution in [1.82, 2.24) is 5.32 Å². The number of methoxy groups -OCH3 is 1. The van der Waals surface area contributed by atoms with Gasteiger partial charge in [-0.25, -0.2) is 0 Å². The molecule has 0 spiro atoms. The van der Waals surface area contributed by atoms with Gasteiger partial charge in [0.1, 0.15) is 11.5 Å². The Kier molecular flexibility index (Phi) is 6.23. The first-order chi connectivity index (χ1) is 12.0. The van der Waals surface area contributed by atoms with E-state index in [1.165, 1.54) is 6.07 Å². The predicted molar refractivity (Wildman–Crippen MR) is 101 cm³/mol. The quantitative estimate of drug-likeness (QED) is 0.484. The van der Waals surface area contributed by atoms with Gasteiger partial charge in [-0.3, -0.25) is 4.79 Å². The van der Waals surface area contributed by atoms with Crippen LogP contribution < -0.4 is 15.4 Å². The van der Waals surface area contributed by atoms with Crippen molar-refractivity contribution < 1.29 is 14.6 Å². The maximum atomic E-state index is 10.6. The maximum Gasteiger partial charge on any atom is 0.211 e. The Labute approximate surface area is 147 Å². The van der Waals surface area contributed by atoms with Crippen molar-refractivity contribution in [3.8, 4) is 11.5 Å². The van der Waals surface area contributed by atoms with E-state index in [2.05, 4.69) is 23.8 Å². The second kappa shape index (κ2) is 8.59. The lowest BCUT2D eigenvalue weighted by Gasteiger charge is -2.13. The molecule has 0 aromatic heterocycles. The molecule has 2 aromatic rings. The first-order valence-corrected chi connectivity index (χ1v) is 7.79. The topological polar surface area (TPSA) is 70.6 Å². The Morgan fingerprint density at radius 1 is 1.20 bits per heavy atom. The normalized spacial score (nSPS) is 9.96. The van der Waals surface area contributed by atoms with Gasteiger partial charge in [0.25, 0.3) is 0 Å². The van der Waals surface area contributed by atoms with E-state index in [1.54, 1.807) is 19.2 Å². The van der Waals surface area contributed by atoms with Crippen molar-refractivity contribution in [2.75, 3.05) is 19.0 Å². The summed E-state index contributed by atoms with van der Waals surface area (Å²) in [7, 11) is 1.64. The molecule has 0 radical (unpaired) electrons. The zero-order valence-electron chi connectivity index (χ0n) is 14.2. The summed E-state index contributed by atoms with van der Waals surface area (Å²) in [4.78, 5) is 10.6. The van der Waals surface area contributed by atoms with Crippen LogP contribution in [0.25, 0.3) is 5.57 Å². The monoisotopic (exact) mass is 338 g/mol. The third kappa shape index (κ3) is 5.14. The van der Waals surface area contributed by atoms with Gasteiger partial charge in [-0.2, -0.15) is 0 Å². The number of ether oxygens (including phenoxy) is 1. The van der Waals surface area contributed by atoms with E-state index in [-0.39, 0.29) is 5.75 Å². The Morgan fingerprint density at radius 2 is 1.92 bits per heavy atom. The highest BCUT2D eigenvalue weighted by molar-refractivity contribution is 5.79. The third-order valence-electron chi connectivity index (χ3n) is 3.75. The van der Waals surface area contributed by atoms with Crippen molar-refractivity contribution >= 4 is 17.7 Å². The van der Waals surface area contributed by atoms with E-state index in [9.17, 15) is 9.90 Å². The lowest BCUT2D eigenvalue weighted by molar-refractivity contribution is -0.105. The molecule has 5 nitrogen and oxygen atoms in total. The van der Waals surface area contributed by atoms with Crippen LogP contribution in [-0.2, 0) is 11.2 Å². The van der Waals surface area contributed by atoms with Crippen LogP contribution in [0.15, 0.2) is 61.3 Å². The summed E-state index contributed by atoms with van der Waals surface area (Å²) in [6, 6.07) is 12.8. The molecule has 0 heterocycles. The highest BCUT2D eigenvalue weighted by atomic mass is 16.5. The van der Waals surface area contributed by atoms with E-state index in [1.807, 2.05) is 24.3 Å². The molecule has 0 aliphatic heterocycles. The van der Waals surface area contributed by atoms with Crippen LogP contribution in [0.3, 0.4) is 0 Å². The van der Waals surface area contributed by atoms with Crippen LogP contribution in [0.2, 0.25) is 0 Å². The lowest BCUT2D eigenvalue weighted by Crippen LogP contribution is -2.16. The molecule has 3 N–H and O–H groups in total. The van der Waals surface area contributed by atoms with E-state index >= 15 is 0 Å². The predicted octanol–water partition coefficient (Wildman–Crippen LogP) is 3.33. The second-order valence-corrected chi connectivity index (χ2v) is 5.58. The summed E-state index contributed by atoms with van der Waals surface area (Å²) in [6.45, 7) is 8.59. The average molecular weight is 338 g/mol. The smallest absolute Gasteiger partial charge is 0.211 e. The fourth-order valence-corrected chi connectivity index (χ4v) is 2.32. The molecule has 0 saturated heterocycles. The van der Waals surface area contributed by atoms with Crippen molar-refractivity contribution in [2.24, 2.45) is 0 Å². The molecular formula is C20H22N2O3. The number of phenols is 1. The van der Waals surface area contributed by atoms with Crippen molar-refractivity contribution in [2.45, 2.75) is 6.42 Å². The van der Waals surface area contributed by atoms with Gasteiger partial charge in [-0.15, -0.1) is 0 Å². The number of carbonyl (C=O) groups is 1. The Morgan fingerprint density at radius 3 is 2.56 bits per heavy atom. The summed E-state index contributed by atoms with van der Waals surface area (Å²) in [5.74, 6) is 0.836. The molecule has 2 aromatic carbocycles. The van der Waals surface area contributed by atoms with Crippen LogP contribution in [-0.4, -0.2) is 25.2 Å². The van der Waals surface area contributed by atoms with Gasteiger partial charge < -0.3 is 20.5 Å². The summed E-state index contributed by atoms with van der Waals surface area (Å²) in [5.41, 5.74) is 4.00. The van der Waals surface area contributed by atoms with Crippen molar-refractivity contribution in [3.63, 3.8) is 0 Å². The first kappa shape index (κ1) is 18.1. The number of aromatic hydroxyl groups is 1. The largest absolute Gasteiger partial charge is 0.506 e. The molecule has 1 amide bonds. The standard InChI is InChI=1S/C20H22N2O3/c1-14(17-6-9-20(24)19(11-17)22-13-23)12-21-15(2)10-16-4-7-18(25-3)8-5-16/h4-9,11,13,21,24H,1-2,10,12H2,3H3,(H,22,23). The van der Waals surface area contributed by atoms with Gasteiger partial charge in [0, 0.05) is 18.7 Å². The number of hydrogen-bond donors (Lipinski definition) is 3. The van der Waals surface area contributed by atoms with Gasteiger partial charge in [-0.1, -0.05) is 31.4 Å². The molecule has 0 bridgehead atoms. The van der Waals surface area contributed by atoms with Crippen LogP contribution >= 0.6 is 0 Å². The van der Waals surface area contributed by atoms with E-state index in [0.717, 1.165) is 28.1 Å². The molecule has 0 fully saturated rings. The highest BCUT2D eigenvalue weighted by Crippen LogP contribution is 2.26. The maximum absolute atomic E-state index is 10.6. The summed E-state index contributed by atoms with van der Waals surface area (Å²) in [6.07, 6.45) is 1.22. The molecule has 130 valence electrons. The summed E-state index contributed by atoms with van der Waals surface area (Å²) in [5, 5.41) is 15.4. The molecule has 0 unspecified atom stereocenters. The number of nitrogens with one attached hydrogen (secondary N) is 2. The minimum Gasteiger partial charge on any atom is -0.506 e. The molecular weight excluding hydrogens is 316 g/mol. The zero-order valence-corrected chi connectivity index (χ0v) is 14.2. The molecule has 0 aliphatic rings. The number of anilines is 1. The SMILES string of the molecule is C=C(Cc1ccc(OC)cc1)NCC(=C)c1ccc(O)c(NC=O)c1.